The highest BCUT2D eigenvalue weighted by Gasteiger charge is 2.30. The average molecular weight is 356 g/mol. The molecule has 1 aromatic rings. The Morgan fingerprint density at radius 2 is 2.10 bits per heavy atom. The van der Waals surface area contributed by atoms with Gasteiger partial charge in [0, 0.05) is 22.8 Å². The quantitative estimate of drug-likeness (QED) is 0.716. The lowest BCUT2D eigenvalue weighted by molar-refractivity contribution is 0.0586. The van der Waals surface area contributed by atoms with Gasteiger partial charge in [0.2, 0.25) is 0 Å². The molecule has 1 saturated carbocycles. The zero-order valence-corrected chi connectivity index (χ0v) is 14.3. The zero-order chi connectivity index (χ0) is 13.9. The van der Waals surface area contributed by atoms with Crippen molar-refractivity contribution in [3.63, 3.8) is 0 Å². The van der Waals surface area contributed by atoms with E-state index in [0.717, 1.165) is 23.2 Å². The van der Waals surface area contributed by atoms with Gasteiger partial charge in [0.1, 0.15) is 0 Å². The first-order valence-corrected chi connectivity index (χ1v) is 9.72. The lowest BCUT2D eigenvalue weighted by Gasteiger charge is -2.37. The van der Waals surface area contributed by atoms with Crippen LogP contribution < -0.4 is 0 Å². The van der Waals surface area contributed by atoms with E-state index in [0.29, 0.717) is 6.04 Å². The number of amides is 1. The first-order chi connectivity index (χ1) is 9.79. The molecule has 110 valence electrons. The Bertz CT molecular complexity index is 457. The van der Waals surface area contributed by atoms with Gasteiger partial charge in [0.25, 0.3) is 5.91 Å². The number of aryl methyl sites for hydroxylation is 2. The molecular formula is C16H22BrNOS. The summed E-state index contributed by atoms with van der Waals surface area (Å²) < 4.78 is 0. The second kappa shape index (κ2) is 6.61. The summed E-state index contributed by atoms with van der Waals surface area (Å²) in [6.07, 6.45) is 9.64. The molecule has 1 amide bonds. The van der Waals surface area contributed by atoms with Gasteiger partial charge in [-0.15, -0.1) is 11.3 Å². The van der Waals surface area contributed by atoms with Gasteiger partial charge in [-0.3, -0.25) is 4.79 Å². The molecule has 0 aromatic carbocycles. The highest BCUT2D eigenvalue weighted by molar-refractivity contribution is 9.09. The van der Waals surface area contributed by atoms with Crippen LogP contribution in [0.4, 0.5) is 0 Å². The number of hydrogen-bond acceptors (Lipinski definition) is 2. The van der Waals surface area contributed by atoms with Crippen LogP contribution in [0, 0.1) is 0 Å². The van der Waals surface area contributed by atoms with Crippen LogP contribution in [0.1, 0.15) is 58.6 Å². The van der Waals surface area contributed by atoms with E-state index in [1.807, 2.05) is 0 Å². The van der Waals surface area contributed by atoms with Gasteiger partial charge in [-0.25, -0.2) is 0 Å². The number of halogens is 1. The third-order valence-electron chi connectivity index (χ3n) is 4.52. The Hall–Kier alpha value is -0.350. The van der Waals surface area contributed by atoms with Gasteiger partial charge >= 0.3 is 0 Å². The molecule has 3 rings (SSSR count). The van der Waals surface area contributed by atoms with E-state index in [9.17, 15) is 4.79 Å². The van der Waals surface area contributed by atoms with E-state index in [-0.39, 0.29) is 5.91 Å². The summed E-state index contributed by atoms with van der Waals surface area (Å²) in [5, 5.41) is 0.977. The van der Waals surface area contributed by atoms with Gasteiger partial charge in [0.15, 0.2) is 0 Å². The summed E-state index contributed by atoms with van der Waals surface area (Å²) in [5.74, 6) is 0.287. The number of hydrogen-bond donors (Lipinski definition) is 0. The Labute approximate surface area is 133 Å². The summed E-state index contributed by atoms with van der Waals surface area (Å²) in [6, 6.07) is 2.68. The largest absolute Gasteiger partial charge is 0.335 e. The van der Waals surface area contributed by atoms with E-state index in [1.165, 1.54) is 55.4 Å². The van der Waals surface area contributed by atoms with Crippen LogP contribution in [-0.4, -0.2) is 28.7 Å². The maximum Gasteiger partial charge on any atom is 0.264 e. The summed E-state index contributed by atoms with van der Waals surface area (Å²) >= 11 is 5.24. The third kappa shape index (κ3) is 2.96. The van der Waals surface area contributed by atoms with Gasteiger partial charge < -0.3 is 4.90 Å². The maximum atomic E-state index is 12.8. The van der Waals surface area contributed by atoms with E-state index < -0.39 is 0 Å². The molecule has 2 nitrogen and oxygen atoms in total. The van der Waals surface area contributed by atoms with Crippen molar-refractivity contribution in [1.29, 1.82) is 0 Å². The van der Waals surface area contributed by atoms with E-state index in [2.05, 4.69) is 26.9 Å². The molecule has 2 aliphatic carbocycles. The fourth-order valence-corrected chi connectivity index (χ4v) is 4.58. The van der Waals surface area contributed by atoms with Crippen LogP contribution in [0.3, 0.4) is 0 Å². The number of nitrogens with zero attached hydrogens (tertiary/aromatic N) is 1. The zero-order valence-electron chi connectivity index (χ0n) is 11.9. The van der Waals surface area contributed by atoms with E-state index >= 15 is 0 Å². The SMILES string of the molecule is O=C(c1cc2c(s1)CCCC2)N(CCCBr)C1CCC1. The topological polar surface area (TPSA) is 20.3 Å². The number of carbonyl (C=O) groups excluding carboxylic acids is 1. The Morgan fingerprint density at radius 3 is 2.75 bits per heavy atom. The molecule has 0 atom stereocenters. The summed E-state index contributed by atoms with van der Waals surface area (Å²) in [6.45, 7) is 0.900. The van der Waals surface area contributed by atoms with Crippen LogP contribution in [-0.2, 0) is 12.8 Å². The molecule has 1 fully saturated rings. The molecule has 0 radical (unpaired) electrons. The van der Waals surface area contributed by atoms with Crippen molar-refractivity contribution < 1.29 is 4.79 Å². The Morgan fingerprint density at radius 1 is 1.30 bits per heavy atom. The highest BCUT2D eigenvalue weighted by Crippen LogP contribution is 2.32. The van der Waals surface area contributed by atoms with Crippen molar-refractivity contribution in [3.05, 3.63) is 21.4 Å². The molecule has 0 saturated heterocycles. The second-order valence-electron chi connectivity index (χ2n) is 5.89. The summed E-state index contributed by atoms with van der Waals surface area (Å²) in [4.78, 5) is 17.4. The molecule has 0 spiro atoms. The van der Waals surface area contributed by atoms with E-state index in [1.54, 1.807) is 11.3 Å². The standard InChI is InChI=1S/C16H22BrNOS/c17-9-4-10-18(13-6-3-7-13)16(19)15-11-12-5-1-2-8-14(12)20-15/h11,13H,1-10H2. The number of thiophene rings is 1. The van der Waals surface area contributed by atoms with Gasteiger partial charge in [-0.2, -0.15) is 0 Å². The fraction of sp³-hybridized carbons (Fsp3) is 0.688. The molecule has 0 N–H and O–H groups in total. The van der Waals surface area contributed by atoms with Crippen LogP contribution in [0.25, 0.3) is 0 Å². The van der Waals surface area contributed by atoms with E-state index in [4.69, 9.17) is 0 Å². The van der Waals surface area contributed by atoms with Crippen LogP contribution in [0.5, 0.6) is 0 Å². The van der Waals surface area contributed by atoms with Gasteiger partial charge in [0.05, 0.1) is 4.88 Å². The fourth-order valence-electron chi connectivity index (χ4n) is 3.12. The molecule has 0 aliphatic heterocycles. The summed E-state index contributed by atoms with van der Waals surface area (Å²) in [5.41, 5.74) is 1.44. The highest BCUT2D eigenvalue weighted by atomic mass is 79.9. The molecule has 0 unspecified atom stereocenters. The number of carbonyl (C=O) groups is 1. The Balaban J connectivity index is 1.75. The number of alkyl halides is 1. The minimum Gasteiger partial charge on any atom is -0.335 e. The third-order valence-corrected chi connectivity index (χ3v) is 6.30. The molecule has 4 heteroatoms. The molecule has 1 aromatic heterocycles. The Kier molecular flexibility index (Phi) is 4.82. The van der Waals surface area contributed by atoms with Crippen molar-refractivity contribution in [2.24, 2.45) is 0 Å². The van der Waals surface area contributed by atoms with Crippen molar-refractivity contribution in [2.45, 2.75) is 57.4 Å². The molecular weight excluding hydrogens is 334 g/mol. The minimum atomic E-state index is 0.287. The van der Waals surface area contributed by atoms with Gasteiger partial charge in [-0.1, -0.05) is 15.9 Å². The molecule has 0 bridgehead atoms. The first kappa shape index (κ1) is 14.6. The molecule has 1 heterocycles. The predicted octanol–water partition coefficient (Wildman–Crippen LogP) is 4.41. The maximum absolute atomic E-state index is 12.8. The predicted molar refractivity (Wildman–Crippen MR) is 88.0 cm³/mol. The smallest absolute Gasteiger partial charge is 0.264 e. The van der Waals surface area contributed by atoms with Crippen molar-refractivity contribution in [3.8, 4) is 0 Å². The normalized spacial score (nSPS) is 18.4. The van der Waals surface area contributed by atoms with Crippen LogP contribution in [0.15, 0.2) is 6.07 Å². The number of rotatable bonds is 5. The lowest BCUT2D eigenvalue weighted by atomic mass is 9.91. The molecule has 2 aliphatic rings. The van der Waals surface area contributed by atoms with Crippen molar-refractivity contribution >= 4 is 33.2 Å². The lowest BCUT2D eigenvalue weighted by Crippen LogP contribution is -2.44. The van der Waals surface area contributed by atoms with Crippen LogP contribution >= 0.6 is 27.3 Å². The average Bonchev–Trinajstić information content (AvgIpc) is 2.84. The summed E-state index contributed by atoms with van der Waals surface area (Å²) in [7, 11) is 0. The van der Waals surface area contributed by atoms with Crippen molar-refractivity contribution in [2.75, 3.05) is 11.9 Å². The molecule has 20 heavy (non-hydrogen) atoms. The van der Waals surface area contributed by atoms with Gasteiger partial charge in [-0.05, 0) is 63.0 Å². The van der Waals surface area contributed by atoms with Crippen molar-refractivity contribution in [1.82, 2.24) is 4.90 Å². The number of fused-ring (bicyclic) bond motifs is 1. The monoisotopic (exact) mass is 355 g/mol. The second-order valence-corrected chi connectivity index (χ2v) is 7.82. The first-order valence-electron chi connectivity index (χ1n) is 7.78. The minimum absolute atomic E-state index is 0.287. The van der Waals surface area contributed by atoms with Crippen LogP contribution in [0.2, 0.25) is 0 Å².